The van der Waals surface area contributed by atoms with Gasteiger partial charge in [-0.3, -0.25) is 0 Å². The molecule has 0 saturated carbocycles. The summed E-state index contributed by atoms with van der Waals surface area (Å²) in [6.45, 7) is 1.98. The molecule has 0 saturated heterocycles. The molecule has 0 spiro atoms. The fourth-order valence-electron chi connectivity index (χ4n) is 1.27. The summed E-state index contributed by atoms with van der Waals surface area (Å²) in [6.07, 6.45) is 0. The smallest absolute Gasteiger partial charge is 0.139 e. The van der Waals surface area contributed by atoms with E-state index >= 15 is 0 Å². The third-order valence-corrected chi connectivity index (χ3v) is 4.21. The minimum atomic E-state index is 0.803. The lowest BCUT2D eigenvalue weighted by Crippen LogP contribution is -1.91. The van der Waals surface area contributed by atoms with Gasteiger partial charge in [0.1, 0.15) is 16.8 Å². The molecule has 0 fully saturated rings. The summed E-state index contributed by atoms with van der Waals surface area (Å²) in [7, 11) is 1.64. The lowest BCUT2D eigenvalue weighted by molar-refractivity contribution is 0.409. The van der Waals surface area contributed by atoms with Crippen LogP contribution in [-0.4, -0.2) is 15.9 Å². The van der Waals surface area contributed by atoms with Crippen LogP contribution in [0, 0.1) is 6.92 Å². The maximum atomic E-state index is 5.29. The largest absolute Gasteiger partial charge is 0.495 e. The lowest BCUT2D eigenvalue weighted by Gasteiger charge is -2.08. The average molecular weight is 338 g/mol. The molecule has 0 amide bonds. The summed E-state index contributed by atoms with van der Waals surface area (Å²) >= 11 is 8.15. The number of hydrogen-bond acceptors (Lipinski definition) is 4. The van der Waals surface area contributed by atoms with Gasteiger partial charge in [-0.1, -0.05) is 0 Å². The Morgan fingerprint density at radius 1 is 1.14 bits per heavy atom. The van der Waals surface area contributed by atoms with E-state index < -0.39 is 0 Å². The quantitative estimate of drug-likeness (QED) is 0.798. The second kappa shape index (κ2) is 3.75. The molecule has 0 unspecified atom stereocenters. The van der Waals surface area contributed by atoms with Crippen LogP contribution in [0.3, 0.4) is 0 Å². The predicted octanol–water partition coefficient (Wildman–Crippen LogP) is 3.53. The molecule has 0 radical (unpaired) electrons. The average Bonchev–Trinajstić information content (AvgIpc) is 2.64. The molecule has 2 aromatic rings. The van der Waals surface area contributed by atoms with Gasteiger partial charge in [0, 0.05) is 5.56 Å². The maximum Gasteiger partial charge on any atom is 0.139 e. The number of aromatic nitrogens is 2. The van der Waals surface area contributed by atoms with Crippen LogP contribution in [0.15, 0.2) is 8.95 Å². The van der Waals surface area contributed by atoms with Crippen LogP contribution in [0.2, 0.25) is 0 Å². The van der Waals surface area contributed by atoms with Crippen molar-refractivity contribution < 1.29 is 4.74 Å². The maximum absolute atomic E-state index is 5.29. The van der Waals surface area contributed by atoms with Gasteiger partial charge in [0.05, 0.1) is 27.8 Å². The van der Waals surface area contributed by atoms with Crippen molar-refractivity contribution in [2.75, 3.05) is 7.11 Å². The molecule has 0 aliphatic carbocycles. The van der Waals surface area contributed by atoms with Gasteiger partial charge >= 0.3 is 0 Å². The second-order valence-corrected chi connectivity index (χ2v) is 4.86. The van der Waals surface area contributed by atoms with Crippen LogP contribution in [0.4, 0.5) is 0 Å². The zero-order valence-corrected chi connectivity index (χ0v) is 11.5. The highest BCUT2D eigenvalue weighted by Gasteiger charge is 2.17. The van der Waals surface area contributed by atoms with Crippen molar-refractivity contribution in [3.05, 3.63) is 14.5 Å². The van der Waals surface area contributed by atoms with E-state index in [0.29, 0.717) is 0 Å². The Balaban J connectivity index is 2.94. The molecular formula is C8H6Br2N2OS. The van der Waals surface area contributed by atoms with Gasteiger partial charge in [0.2, 0.25) is 0 Å². The van der Waals surface area contributed by atoms with Gasteiger partial charge in [-0.2, -0.15) is 8.75 Å². The number of methoxy groups -OCH3 is 1. The molecule has 0 bridgehead atoms. The zero-order valence-electron chi connectivity index (χ0n) is 7.47. The summed E-state index contributed by atoms with van der Waals surface area (Å²) in [5.74, 6) is 0.803. The van der Waals surface area contributed by atoms with Crippen molar-refractivity contribution >= 4 is 54.6 Å². The summed E-state index contributed by atoms with van der Waals surface area (Å²) in [4.78, 5) is 0. The van der Waals surface area contributed by atoms with Crippen molar-refractivity contribution in [1.82, 2.24) is 8.75 Å². The predicted molar refractivity (Wildman–Crippen MR) is 64.1 cm³/mol. The summed E-state index contributed by atoms with van der Waals surface area (Å²) in [5.41, 5.74) is 2.74. The molecule has 6 heteroatoms. The Labute approximate surface area is 102 Å². The normalized spacial score (nSPS) is 10.9. The van der Waals surface area contributed by atoms with Crippen molar-refractivity contribution in [2.45, 2.75) is 6.92 Å². The fraction of sp³-hybridized carbons (Fsp3) is 0.250. The monoisotopic (exact) mass is 336 g/mol. The first-order chi connectivity index (χ1) is 6.66. The molecule has 2 rings (SSSR count). The standard InChI is InChI=1S/C8H6Br2N2OS/c1-3-4(9)6-7(12-14-11-6)5(10)8(3)13-2/h1-2H3. The van der Waals surface area contributed by atoms with E-state index in [-0.39, 0.29) is 0 Å². The first-order valence-electron chi connectivity index (χ1n) is 3.80. The number of halogens is 2. The van der Waals surface area contributed by atoms with Gasteiger partial charge in [-0.05, 0) is 38.8 Å². The molecule has 0 N–H and O–H groups in total. The van der Waals surface area contributed by atoms with Crippen LogP contribution in [0.1, 0.15) is 5.56 Å². The highest BCUT2D eigenvalue weighted by Crippen LogP contribution is 2.40. The third-order valence-electron chi connectivity index (χ3n) is 1.98. The summed E-state index contributed by atoms with van der Waals surface area (Å²) in [5, 5.41) is 0. The second-order valence-electron chi connectivity index (χ2n) is 2.75. The fourth-order valence-corrected chi connectivity index (χ4v) is 3.26. The van der Waals surface area contributed by atoms with Crippen LogP contribution in [0.25, 0.3) is 11.0 Å². The van der Waals surface area contributed by atoms with Gasteiger partial charge in [0.15, 0.2) is 0 Å². The molecule has 0 aliphatic rings. The number of rotatable bonds is 1. The number of nitrogens with zero attached hydrogens (tertiary/aromatic N) is 2. The Kier molecular flexibility index (Phi) is 2.77. The van der Waals surface area contributed by atoms with Crippen LogP contribution < -0.4 is 4.74 Å². The minimum absolute atomic E-state index is 0.803. The molecule has 1 aromatic carbocycles. The van der Waals surface area contributed by atoms with Crippen molar-refractivity contribution in [1.29, 1.82) is 0 Å². The number of benzene rings is 1. The topological polar surface area (TPSA) is 35.0 Å². The Morgan fingerprint density at radius 3 is 2.29 bits per heavy atom. The van der Waals surface area contributed by atoms with Crippen molar-refractivity contribution in [2.24, 2.45) is 0 Å². The molecule has 0 aliphatic heterocycles. The highest BCUT2D eigenvalue weighted by molar-refractivity contribution is 9.11. The Hall–Kier alpha value is -0.200. The molecule has 0 atom stereocenters. The van der Waals surface area contributed by atoms with Crippen molar-refractivity contribution in [3.63, 3.8) is 0 Å². The summed E-state index contributed by atoms with van der Waals surface area (Å²) in [6, 6.07) is 0. The Bertz CT molecular complexity index is 498. The first kappa shape index (κ1) is 10.3. The van der Waals surface area contributed by atoms with E-state index in [4.69, 9.17) is 4.74 Å². The first-order valence-corrected chi connectivity index (χ1v) is 6.12. The molecule has 14 heavy (non-hydrogen) atoms. The van der Waals surface area contributed by atoms with Gasteiger partial charge in [0.25, 0.3) is 0 Å². The van der Waals surface area contributed by atoms with E-state index in [2.05, 4.69) is 40.6 Å². The van der Waals surface area contributed by atoms with Crippen LogP contribution in [-0.2, 0) is 0 Å². The number of ether oxygens (including phenoxy) is 1. The van der Waals surface area contributed by atoms with Crippen LogP contribution >= 0.6 is 43.6 Å². The highest BCUT2D eigenvalue weighted by atomic mass is 79.9. The molecule has 1 aromatic heterocycles. The van der Waals surface area contributed by atoms with E-state index in [1.165, 1.54) is 11.7 Å². The van der Waals surface area contributed by atoms with E-state index in [9.17, 15) is 0 Å². The van der Waals surface area contributed by atoms with Gasteiger partial charge in [-0.15, -0.1) is 0 Å². The Morgan fingerprint density at radius 2 is 1.71 bits per heavy atom. The van der Waals surface area contributed by atoms with E-state index in [0.717, 1.165) is 31.3 Å². The minimum Gasteiger partial charge on any atom is -0.495 e. The summed E-state index contributed by atoms with van der Waals surface area (Å²) < 4.78 is 15.5. The van der Waals surface area contributed by atoms with Gasteiger partial charge in [-0.25, -0.2) is 0 Å². The van der Waals surface area contributed by atoms with E-state index in [1.807, 2.05) is 6.92 Å². The SMILES string of the molecule is COc1c(C)c(Br)c2nsnc2c1Br. The van der Waals surface area contributed by atoms with Gasteiger partial charge < -0.3 is 4.74 Å². The van der Waals surface area contributed by atoms with E-state index in [1.54, 1.807) is 7.11 Å². The lowest BCUT2D eigenvalue weighted by atomic mass is 10.2. The molecule has 1 heterocycles. The number of hydrogen-bond donors (Lipinski definition) is 0. The van der Waals surface area contributed by atoms with Crippen molar-refractivity contribution in [3.8, 4) is 5.75 Å². The molecular weight excluding hydrogens is 332 g/mol. The third kappa shape index (κ3) is 1.36. The number of fused-ring (bicyclic) bond motifs is 1. The van der Waals surface area contributed by atoms with Crippen LogP contribution in [0.5, 0.6) is 5.75 Å². The molecule has 3 nitrogen and oxygen atoms in total. The zero-order chi connectivity index (χ0) is 10.3. The molecule has 74 valence electrons.